The van der Waals surface area contributed by atoms with Crippen molar-refractivity contribution in [1.29, 1.82) is 0 Å². The Balaban J connectivity index is 1.71. The third kappa shape index (κ3) is 3.56. The van der Waals surface area contributed by atoms with Gasteiger partial charge < -0.3 is 4.74 Å². The molecular weight excluding hydrogens is 366 g/mol. The maximum absolute atomic E-state index is 11.8. The van der Waals surface area contributed by atoms with Crippen molar-refractivity contribution in [3.05, 3.63) is 64.1 Å². The standard InChI is InChI=1S/C16H14BrNO3S/c17-13-5-1-3-11(7-13)10-21-14-6-2-4-12(8-14)15-9-16(19)18-22(15)20/h1-8,15H,9-10H2,(H,18,19). The summed E-state index contributed by atoms with van der Waals surface area (Å²) in [6.07, 6.45) is 0.252. The fourth-order valence-corrected chi connectivity index (χ4v) is 3.90. The Labute approximate surface area is 139 Å². The Morgan fingerprint density at radius 1 is 1.23 bits per heavy atom. The first-order valence-corrected chi connectivity index (χ1v) is 8.80. The molecule has 0 aliphatic carbocycles. The van der Waals surface area contributed by atoms with Gasteiger partial charge in [-0.1, -0.05) is 40.2 Å². The molecule has 1 N–H and O–H groups in total. The van der Waals surface area contributed by atoms with E-state index in [9.17, 15) is 9.00 Å². The molecule has 0 bridgehead atoms. The van der Waals surface area contributed by atoms with Crippen molar-refractivity contribution < 1.29 is 13.7 Å². The minimum absolute atomic E-state index is 0.177. The van der Waals surface area contributed by atoms with Gasteiger partial charge >= 0.3 is 0 Å². The van der Waals surface area contributed by atoms with Crippen molar-refractivity contribution in [2.45, 2.75) is 18.3 Å². The van der Waals surface area contributed by atoms with Gasteiger partial charge in [-0.25, -0.2) is 4.21 Å². The van der Waals surface area contributed by atoms with Crippen molar-refractivity contribution in [1.82, 2.24) is 4.72 Å². The molecule has 0 spiro atoms. The molecule has 1 aliphatic rings. The Bertz CT molecular complexity index is 735. The first-order valence-electron chi connectivity index (χ1n) is 6.79. The van der Waals surface area contributed by atoms with Crippen LogP contribution in [0.2, 0.25) is 0 Å². The van der Waals surface area contributed by atoms with Crippen LogP contribution in [0.15, 0.2) is 53.0 Å². The van der Waals surface area contributed by atoms with Gasteiger partial charge in [-0.05, 0) is 35.4 Å². The zero-order valence-corrected chi connectivity index (χ0v) is 14.0. The number of carbonyl (C=O) groups is 1. The van der Waals surface area contributed by atoms with Gasteiger partial charge in [0.15, 0.2) is 0 Å². The molecule has 114 valence electrons. The average molecular weight is 380 g/mol. The highest BCUT2D eigenvalue weighted by atomic mass is 79.9. The van der Waals surface area contributed by atoms with E-state index in [-0.39, 0.29) is 17.6 Å². The Morgan fingerprint density at radius 3 is 2.77 bits per heavy atom. The van der Waals surface area contributed by atoms with E-state index in [4.69, 9.17) is 4.74 Å². The van der Waals surface area contributed by atoms with Crippen molar-refractivity contribution in [3.8, 4) is 5.75 Å². The van der Waals surface area contributed by atoms with Crippen LogP contribution in [0.3, 0.4) is 0 Å². The minimum atomic E-state index is -1.35. The van der Waals surface area contributed by atoms with E-state index in [1.807, 2.05) is 48.5 Å². The molecule has 1 amide bonds. The number of ether oxygens (including phenoxy) is 1. The zero-order chi connectivity index (χ0) is 15.5. The normalized spacial score (nSPS) is 20.7. The number of rotatable bonds is 4. The maximum atomic E-state index is 11.8. The molecule has 2 aromatic carbocycles. The summed E-state index contributed by atoms with van der Waals surface area (Å²) < 4.78 is 21.1. The molecule has 6 heteroatoms. The van der Waals surface area contributed by atoms with E-state index in [0.29, 0.717) is 12.4 Å². The summed E-state index contributed by atoms with van der Waals surface area (Å²) in [5.74, 6) is 0.526. The lowest BCUT2D eigenvalue weighted by atomic mass is 10.1. The van der Waals surface area contributed by atoms with Crippen LogP contribution in [0, 0.1) is 0 Å². The van der Waals surface area contributed by atoms with Crippen LogP contribution in [-0.2, 0) is 22.4 Å². The van der Waals surface area contributed by atoms with Crippen LogP contribution in [0.5, 0.6) is 5.75 Å². The fraction of sp³-hybridized carbons (Fsp3) is 0.188. The Morgan fingerprint density at radius 2 is 2.05 bits per heavy atom. The fourth-order valence-electron chi connectivity index (χ4n) is 2.31. The molecular formula is C16H14BrNO3S. The van der Waals surface area contributed by atoms with Crippen LogP contribution in [-0.4, -0.2) is 10.1 Å². The second kappa shape index (κ2) is 6.62. The first-order chi connectivity index (χ1) is 10.6. The summed E-state index contributed by atoms with van der Waals surface area (Å²) in [4.78, 5) is 11.3. The molecule has 1 aliphatic heterocycles. The highest BCUT2D eigenvalue weighted by Crippen LogP contribution is 2.29. The molecule has 1 heterocycles. The third-order valence-electron chi connectivity index (χ3n) is 3.37. The number of amides is 1. The molecule has 2 unspecified atom stereocenters. The van der Waals surface area contributed by atoms with Gasteiger partial charge in [-0.15, -0.1) is 0 Å². The average Bonchev–Trinajstić information content (AvgIpc) is 2.84. The van der Waals surface area contributed by atoms with Gasteiger partial charge in [-0.2, -0.15) is 0 Å². The Kier molecular flexibility index (Phi) is 4.59. The van der Waals surface area contributed by atoms with Crippen molar-refractivity contribution >= 4 is 32.8 Å². The third-order valence-corrected chi connectivity index (χ3v) is 5.25. The van der Waals surface area contributed by atoms with Gasteiger partial charge in [0.25, 0.3) is 0 Å². The topological polar surface area (TPSA) is 55.4 Å². The molecule has 0 saturated carbocycles. The smallest absolute Gasteiger partial charge is 0.233 e. The van der Waals surface area contributed by atoms with Crippen molar-refractivity contribution in [2.24, 2.45) is 0 Å². The van der Waals surface area contributed by atoms with Gasteiger partial charge in [0, 0.05) is 10.9 Å². The van der Waals surface area contributed by atoms with E-state index >= 15 is 0 Å². The predicted octanol–water partition coefficient (Wildman–Crippen LogP) is 3.25. The van der Waals surface area contributed by atoms with E-state index in [1.54, 1.807) is 0 Å². The van der Waals surface area contributed by atoms with Crippen LogP contribution in [0.25, 0.3) is 0 Å². The van der Waals surface area contributed by atoms with Gasteiger partial charge in [0.05, 0.1) is 5.25 Å². The summed E-state index contributed by atoms with van der Waals surface area (Å²) in [6, 6.07) is 15.3. The Hall–Kier alpha value is -1.66. The second-order valence-corrected chi connectivity index (χ2v) is 7.29. The predicted molar refractivity (Wildman–Crippen MR) is 88.6 cm³/mol. The molecule has 3 rings (SSSR count). The molecule has 4 nitrogen and oxygen atoms in total. The molecule has 2 aromatic rings. The molecule has 1 fully saturated rings. The molecule has 0 aromatic heterocycles. The van der Waals surface area contributed by atoms with Gasteiger partial charge in [0.2, 0.25) is 5.91 Å². The highest BCUT2D eigenvalue weighted by Gasteiger charge is 2.30. The highest BCUT2D eigenvalue weighted by molar-refractivity contribution is 9.10. The van der Waals surface area contributed by atoms with Crippen LogP contribution in [0.4, 0.5) is 0 Å². The van der Waals surface area contributed by atoms with Crippen LogP contribution >= 0.6 is 15.9 Å². The summed E-state index contributed by atoms with van der Waals surface area (Å²) >= 11 is 3.43. The quantitative estimate of drug-likeness (QED) is 0.886. The lowest BCUT2D eigenvalue weighted by Crippen LogP contribution is -2.15. The van der Waals surface area contributed by atoms with Gasteiger partial charge in [-0.3, -0.25) is 9.52 Å². The summed E-state index contributed by atoms with van der Waals surface area (Å²) in [5, 5.41) is -0.304. The number of halogens is 1. The molecule has 22 heavy (non-hydrogen) atoms. The SMILES string of the molecule is O=C1CC(c2cccc(OCc3cccc(Br)c3)c2)S(=O)N1. The molecule has 1 saturated heterocycles. The first kappa shape index (κ1) is 15.2. The number of benzene rings is 2. The minimum Gasteiger partial charge on any atom is -0.489 e. The summed E-state index contributed by atoms with van der Waals surface area (Å²) in [7, 11) is -1.35. The monoisotopic (exact) mass is 379 g/mol. The number of nitrogens with one attached hydrogen (secondary N) is 1. The molecule has 2 atom stereocenters. The molecule has 0 radical (unpaired) electrons. The number of hydrogen-bond donors (Lipinski definition) is 1. The van der Waals surface area contributed by atoms with Gasteiger partial charge in [0.1, 0.15) is 23.3 Å². The van der Waals surface area contributed by atoms with E-state index in [2.05, 4.69) is 20.7 Å². The lowest BCUT2D eigenvalue weighted by Gasteiger charge is -2.11. The number of hydrogen-bond acceptors (Lipinski definition) is 3. The van der Waals surface area contributed by atoms with E-state index < -0.39 is 11.0 Å². The van der Waals surface area contributed by atoms with E-state index in [1.165, 1.54) is 0 Å². The summed E-state index contributed by atoms with van der Waals surface area (Å²) in [6.45, 7) is 0.452. The zero-order valence-electron chi connectivity index (χ0n) is 11.6. The van der Waals surface area contributed by atoms with Crippen LogP contribution < -0.4 is 9.46 Å². The number of carbonyl (C=O) groups excluding carboxylic acids is 1. The lowest BCUT2D eigenvalue weighted by molar-refractivity contribution is -0.118. The largest absolute Gasteiger partial charge is 0.489 e. The van der Waals surface area contributed by atoms with Crippen LogP contribution in [0.1, 0.15) is 22.8 Å². The maximum Gasteiger partial charge on any atom is 0.233 e. The summed E-state index contributed by atoms with van der Waals surface area (Å²) in [5.41, 5.74) is 1.91. The van der Waals surface area contributed by atoms with E-state index in [0.717, 1.165) is 15.6 Å². The van der Waals surface area contributed by atoms with Crippen molar-refractivity contribution in [3.63, 3.8) is 0 Å². The second-order valence-electron chi connectivity index (χ2n) is 5.01. The van der Waals surface area contributed by atoms with Crippen molar-refractivity contribution in [2.75, 3.05) is 0 Å².